The quantitative estimate of drug-likeness (QED) is 0.903. The topological polar surface area (TPSA) is 49.4 Å². The zero-order valence-electron chi connectivity index (χ0n) is 12.7. The lowest BCUT2D eigenvalue weighted by Gasteiger charge is -2.28. The first-order valence-electron chi connectivity index (χ1n) is 7.36. The van der Waals surface area contributed by atoms with E-state index in [0.717, 1.165) is 11.3 Å². The second kappa shape index (κ2) is 7.55. The summed E-state index contributed by atoms with van der Waals surface area (Å²) < 4.78 is 0. The largest absolute Gasteiger partial charge is 0.325 e. The maximum absolute atomic E-state index is 12.3. The first-order valence-corrected chi connectivity index (χ1v) is 8.79. The molecule has 2 amide bonds. The maximum atomic E-state index is 12.3. The monoisotopic (exact) mass is 358 g/mol. The van der Waals surface area contributed by atoms with Crippen LogP contribution in [0.15, 0.2) is 60.0 Å². The van der Waals surface area contributed by atoms with Crippen LogP contribution in [0.1, 0.15) is 5.56 Å². The molecule has 122 valence electrons. The molecule has 24 heavy (non-hydrogen) atoms. The number of hydrogen-bond donors (Lipinski definition) is 1. The van der Waals surface area contributed by atoms with Crippen molar-refractivity contribution in [1.29, 1.82) is 0 Å². The molecule has 4 nitrogen and oxygen atoms in total. The smallest absolute Gasteiger partial charge is 0.244 e. The maximum Gasteiger partial charge on any atom is 0.244 e. The Morgan fingerprint density at radius 2 is 1.83 bits per heavy atom. The van der Waals surface area contributed by atoms with Gasteiger partial charge in [0, 0.05) is 10.7 Å². The van der Waals surface area contributed by atoms with Crippen LogP contribution in [0.2, 0.25) is 5.02 Å². The molecule has 1 heterocycles. The molecular weight excluding hydrogens is 344 g/mol. The van der Waals surface area contributed by atoms with E-state index in [0.29, 0.717) is 16.5 Å². The number of thioether (sulfide) groups is 1. The molecule has 0 atom stereocenters. The van der Waals surface area contributed by atoms with Crippen molar-refractivity contribution < 1.29 is 9.59 Å². The summed E-state index contributed by atoms with van der Waals surface area (Å²) in [4.78, 5) is 26.1. The summed E-state index contributed by atoms with van der Waals surface area (Å²) in [6.07, 6.45) is 0. The predicted molar refractivity (Wildman–Crippen MR) is 98.7 cm³/mol. The van der Waals surface area contributed by atoms with Gasteiger partial charge in [-0.2, -0.15) is 0 Å². The zero-order valence-corrected chi connectivity index (χ0v) is 14.3. The highest BCUT2D eigenvalue weighted by Crippen LogP contribution is 2.28. The van der Waals surface area contributed by atoms with Gasteiger partial charge in [0.2, 0.25) is 11.8 Å². The minimum absolute atomic E-state index is 0.0251. The van der Waals surface area contributed by atoms with Gasteiger partial charge >= 0.3 is 0 Å². The Morgan fingerprint density at radius 1 is 1.12 bits per heavy atom. The van der Waals surface area contributed by atoms with E-state index in [4.69, 9.17) is 11.6 Å². The third-order valence-electron chi connectivity index (χ3n) is 3.49. The fraction of sp³-hybridized carbons (Fsp3) is 0.111. The fourth-order valence-electron chi connectivity index (χ4n) is 2.35. The van der Waals surface area contributed by atoms with Crippen LogP contribution < -0.4 is 5.32 Å². The summed E-state index contributed by atoms with van der Waals surface area (Å²) in [5.74, 6) is 0.0110. The summed E-state index contributed by atoms with van der Waals surface area (Å²) in [5, 5.41) is 5.31. The molecular formula is C18H15ClN2O2S. The molecule has 2 aromatic rings. The van der Waals surface area contributed by atoms with Crippen molar-refractivity contribution >= 4 is 46.6 Å². The summed E-state index contributed by atoms with van der Waals surface area (Å²) in [6, 6.07) is 16.4. The van der Waals surface area contributed by atoms with Crippen LogP contribution in [0.25, 0.3) is 5.70 Å². The number of carbonyl (C=O) groups is 2. The van der Waals surface area contributed by atoms with Gasteiger partial charge in [0.05, 0.1) is 11.4 Å². The number of rotatable bonds is 4. The highest BCUT2D eigenvalue weighted by molar-refractivity contribution is 8.03. The second-order valence-electron chi connectivity index (χ2n) is 5.22. The van der Waals surface area contributed by atoms with Gasteiger partial charge in [-0.05, 0) is 35.2 Å². The van der Waals surface area contributed by atoms with E-state index in [9.17, 15) is 9.59 Å². The van der Waals surface area contributed by atoms with Crippen LogP contribution in [0.3, 0.4) is 0 Å². The van der Waals surface area contributed by atoms with Gasteiger partial charge < -0.3 is 10.2 Å². The molecule has 1 N–H and O–H groups in total. The number of nitrogens with one attached hydrogen (secondary N) is 1. The summed E-state index contributed by atoms with van der Waals surface area (Å²) in [5.41, 5.74) is 2.31. The summed E-state index contributed by atoms with van der Waals surface area (Å²) >= 11 is 7.28. The Kier molecular flexibility index (Phi) is 5.23. The minimum atomic E-state index is -0.251. The zero-order chi connectivity index (χ0) is 16.9. The lowest BCUT2D eigenvalue weighted by Crippen LogP contribution is -2.39. The molecule has 6 heteroatoms. The average molecular weight is 359 g/mol. The van der Waals surface area contributed by atoms with E-state index in [1.54, 1.807) is 24.3 Å². The number of carbonyl (C=O) groups excluding carboxylic acids is 2. The van der Waals surface area contributed by atoms with Crippen molar-refractivity contribution in [3.05, 3.63) is 70.6 Å². The van der Waals surface area contributed by atoms with E-state index < -0.39 is 0 Å². The van der Waals surface area contributed by atoms with Crippen LogP contribution >= 0.6 is 23.4 Å². The predicted octanol–water partition coefficient (Wildman–Crippen LogP) is 3.85. The van der Waals surface area contributed by atoms with Gasteiger partial charge in [0.25, 0.3) is 0 Å². The molecule has 0 bridgehead atoms. The molecule has 3 rings (SSSR count). The van der Waals surface area contributed by atoms with Gasteiger partial charge in [0.1, 0.15) is 6.54 Å². The van der Waals surface area contributed by atoms with E-state index in [2.05, 4.69) is 5.32 Å². The molecule has 2 aromatic carbocycles. The normalized spacial score (nSPS) is 14.3. The van der Waals surface area contributed by atoms with Crippen molar-refractivity contribution in [2.75, 3.05) is 17.6 Å². The van der Waals surface area contributed by atoms with Gasteiger partial charge in [-0.25, -0.2) is 0 Å². The number of amides is 2. The molecule has 0 spiro atoms. The van der Waals surface area contributed by atoms with Gasteiger partial charge in [0.15, 0.2) is 0 Å². The van der Waals surface area contributed by atoms with Crippen molar-refractivity contribution in [1.82, 2.24) is 4.90 Å². The molecule has 0 aliphatic carbocycles. The van der Waals surface area contributed by atoms with Crippen LogP contribution in [0, 0.1) is 0 Å². The van der Waals surface area contributed by atoms with Crippen molar-refractivity contribution in [3.8, 4) is 0 Å². The molecule has 1 aliphatic rings. The average Bonchev–Trinajstić information content (AvgIpc) is 2.59. The highest BCUT2D eigenvalue weighted by atomic mass is 35.5. The number of hydrogen-bond acceptors (Lipinski definition) is 3. The van der Waals surface area contributed by atoms with Crippen molar-refractivity contribution in [2.24, 2.45) is 0 Å². The number of nitrogens with zero attached hydrogens (tertiary/aromatic N) is 1. The van der Waals surface area contributed by atoms with E-state index in [1.165, 1.54) is 16.7 Å². The molecule has 0 unspecified atom stereocenters. The second-order valence-corrected chi connectivity index (χ2v) is 6.51. The number of halogens is 1. The van der Waals surface area contributed by atoms with Gasteiger partial charge in [-0.15, -0.1) is 11.8 Å². The Morgan fingerprint density at radius 3 is 2.54 bits per heavy atom. The fourth-order valence-corrected chi connectivity index (χ4v) is 3.28. The van der Waals surface area contributed by atoms with Gasteiger partial charge in [-0.1, -0.05) is 41.9 Å². The standard InChI is InChI=1S/C18H15ClN2O2S/c19-14-6-8-15(9-7-14)20-17(22)10-21-16(11-24-12-18(21)23)13-4-2-1-3-5-13/h1-9,11H,10,12H2,(H,20,22). The van der Waals surface area contributed by atoms with E-state index in [1.807, 2.05) is 35.7 Å². The third-order valence-corrected chi connectivity index (χ3v) is 4.55. The highest BCUT2D eigenvalue weighted by Gasteiger charge is 2.25. The SMILES string of the molecule is O=C(CN1C(=O)CSC=C1c1ccccc1)Nc1ccc(Cl)cc1. The first-order chi connectivity index (χ1) is 11.6. The Labute approximate surface area is 149 Å². The van der Waals surface area contributed by atoms with Gasteiger partial charge in [-0.3, -0.25) is 9.59 Å². The number of anilines is 1. The lowest BCUT2D eigenvalue weighted by molar-refractivity contribution is -0.129. The third kappa shape index (κ3) is 3.99. The van der Waals surface area contributed by atoms with E-state index >= 15 is 0 Å². The Bertz CT molecular complexity index is 775. The van der Waals surface area contributed by atoms with Crippen molar-refractivity contribution in [3.63, 3.8) is 0 Å². The van der Waals surface area contributed by atoms with Crippen molar-refractivity contribution in [2.45, 2.75) is 0 Å². The molecule has 0 fully saturated rings. The lowest BCUT2D eigenvalue weighted by atomic mass is 10.1. The molecule has 1 aliphatic heterocycles. The Hall–Kier alpha value is -2.24. The molecule has 0 saturated carbocycles. The minimum Gasteiger partial charge on any atom is -0.325 e. The van der Waals surface area contributed by atoms with Crippen LogP contribution in [-0.4, -0.2) is 29.0 Å². The summed E-state index contributed by atoms with van der Waals surface area (Å²) in [7, 11) is 0. The first kappa shape index (κ1) is 16.6. The molecule has 0 radical (unpaired) electrons. The number of benzene rings is 2. The van der Waals surface area contributed by atoms with Crippen LogP contribution in [-0.2, 0) is 9.59 Å². The molecule has 0 saturated heterocycles. The molecule has 0 aromatic heterocycles. The van der Waals surface area contributed by atoms with E-state index in [-0.39, 0.29) is 18.4 Å². The Balaban J connectivity index is 1.74. The summed E-state index contributed by atoms with van der Waals surface area (Å²) in [6.45, 7) is -0.0251. The van der Waals surface area contributed by atoms with Crippen LogP contribution in [0.5, 0.6) is 0 Å². The van der Waals surface area contributed by atoms with Crippen LogP contribution in [0.4, 0.5) is 5.69 Å².